The normalized spacial score (nSPS) is 19.7. The van der Waals surface area contributed by atoms with Crippen LogP contribution in [0, 0.1) is 0 Å². The third kappa shape index (κ3) is 4.11. The largest absolute Gasteiger partial charge is 0.352 e. The van der Waals surface area contributed by atoms with Gasteiger partial charge in [0, 0.05) is 37.3 Å². The number of anilines is 1. The summed E-state index contributed by atoms with van der Waals surface area (Å²) in [6.45, 7) is 11.5. The average Bonchev–Trinajstić information content (AvgIpc) is 3.20. The third-order valence-electron chi connectivity index (χ3n) is 5.00. The number of fused-ring (bicyclic) bond motifs is 1. The van der Waals surface area contributed by atoms with Crippen LogP contribution in [0.3, 0.4) is 0 Å². The molecule has 1 saturated heterocycles. The van der Waals surface area contributed by atoms with Crippen LogP contribution in [0.4, 0.5) is 5.82 Å². The number of nitrogens with zero attached hydrogens (tertiary/aromatic N) is 5. The summed E-state index contributed by atoms with van der Waals surface area (Å²) in [5.41, 5.74) is 0. The Bertz CT molecular complexity index is 855. The fourth-order valence-corrected chi connectivity index (χ4v) is 5.37. The first-order valence-corrected chi connectivity index (χ1v) is 11.4. The summed E-state index contributed by atoms with van der Waals surface area (Å²) in [7, 11) is 6.07. The number of rotatable bonds is 4. The highest BCUT2D eigenvalue weighted by Crippen LogP contribution is 2.34. The zero-order chi connectivity index (χ0) is 19.0. The summed E-state index contributed by atoms with van der Waals surface area (Å²) in [4.78, 5) is 20.3. The fraction of sp³-hybridized carbons (Fsp3) is 0.632. The number of piperazine rings is 1. The van der Waals surface area contributed by atoms with E-state index >= 15 is 0 Å². The highest BCUT2D eigenvalue weighted by atomic mass is 32.2. The van der Waals surface area contributed by atoms with Gasteiger partial charge >= 0.3 is 0 Å². The van der Waals surface area contributed by atoms with Crippen LogP contribution >= 0.6 is 23.1 Å². The molecule has 0 atom stereocenters. The monoisotopic (exact) mass is 399 g/mol. The Kier molecular flexibility index (Phi) is 5.38. The van der Waals surface area contributed by atoms with Gasteiger partial charge in [-0.2, -0.15) is 0 Å². The van der Waals surface area contributed by atoms with Gasteiger partial charge in [-0.1, -0.05) is 25.1 Å². The Morgan fingerprint density at radius 1 is 1.15 bits per heavy atom. The van der Waals surface area contributed by atoms with Gasteiger partial charge in [0.15, 0.2) is 5.17 Å². The van der Waals surface area contributed by atoms with Gasteiger partial charge in [-0.05, 0) is 31.1 Å². The van der Waals surface area contributed by atoms with E-state index in [4.69, 9.17) is 22.8 Å². The van der Waals surface area contributed by atoms with E-state index in [0.717, 1.165) is 78.6 Å². The van der Waals surface area contributed by atoms with Crippen LogP contribution in [-0.2, 0) is 6.42 Å². The maximum absolute atomic E-state index is 6.07. The van der Waals surface area contributed by atoms with Crippen LogP contribution in [0.1, 0.15) is 39.4 Å². The van der Waals surface area contributed by atoms with E-state index in [2.05, 4.69) is 30.6 Å². The summed E-state index contributed by atoms with van der Waals surface area (Å²) < 4.78 is 1.04. The topological polar surface area (TPSA) is 44.6 Å². The average molecular weight is 399 g/mol. The summed E-state index contributed by atoms with van der Waals surface area (Å²) in [6.07, 6.45) is 3.20. The molecular weight excluding hydrogens is 373 g/mol. The van der Waals surface area contributed by atoms with Crippen molar-refractivity contribution in [1.82, 2.24) is 14.9 Å². The lowest BCUT2D eigenvalue weighted by Crippen LogP contribution is -2.48. The Morgan fingerprint density at radius 2 is 1.89 bits per heavy atom. The molecule has 2 aliphatic rings. The minimum Gasteiger partial charge on any atom is -0.352 e. The molecule has 1 fully saturated rings. The molecule has 142 valence electrons. The SMILES string of the molecule is [B]c1cc2c(N3CCN(C4=NCC(C)(C)S4)CC3)nc(CCCC)nc2s1. The van der Waals surface area contributed by atoms with Gasteiger partial charge in [-0.15, -0.1) is 11.3 Å². The third-order valence-corrected chi connectivity index (χ3v) is 7.11. The molecule has 8 heteroatoms. The fourth-order valence-electron chi connectivity index (χ4n) is 3.50. The second-order valence-corrected chi connectivity index (χ2v) is 10.6. The van der Waals surface area contributed by atoms with Crippen molar-refractivity contribution in [2.24, 2.45) is 4.99 Å². The molecule has 2 aromatic rings. The molecule has 0 spiro atoms. The van der Waals surface area contributed by atoms with E-state index < -0.39 is 0 Å². The molecule has 4 rings (SSSR count). The maximum Gasteiger partial charge on any atom is 0.159 e. The van der Waals surface area contributed by atoms with Crippen LogP contribution < -0.4 is 9.68 Å². The summed E-state index contributed by atoms with van der Waals surface area (Å²) in [6, 6.07) is 2.03. The highest BCUT2D eigenvalue weighted by Gasteiger charge is 2.32. The molecule has 0 aromatic carbocycles. The minimum atomic E-state index is 0.230. The lowest BCUT2D eigenvalue weighted by Gasteiger charge is -2.36. The Hall–Kier alpha value is -1.28. The minimum absolute atomic E-state index is 0.230. The first-order chi connectivity index (χ1) is 12.9. The standard InChI is InChI=1S/C19H26BN5S2/c1-4-5-6-15-22-16(13-11-14(20)26-17(13)23-15)24-7-9-25(10-8-24)18-21-12-19(2,3)27-18/h11H,4-10,12H2,1-3H3. The number of thiophene rings is 1. The van der Waals surface area contributed by atoms with E-state index in [1.807, 2.05) is 17.8 Å². The van der Waals surface area contributed by atoms with Gasteiger partial charge in [-0.3, -0.25) is 4.99 Å². The van der Waals surface area contributed by atoms with Gasteiger partial charge in [0.05, 0.1) is 11.9 Å². The smallest absolute Gasteiger partial charge is 0.159 e. The Morgan fingerprint density at radius 3 is 2.56 bits per heavy atom. The van der Waals surface area contributed by atoms with Crippen molar-refractivity contribution in [2.75, 3.05) is 37.6 Å². The number of hydrogen-bond donors (Lipinski definition) is 0. The summed E-state index contributed by atoms with van der Waals surface area (Å²) >= 11 is 3.47. The van der Waals surface area contributed by atoms with Crippen molar-refractivity contribution >= 4 is 56.9 Å². The molecular formula is C19H26BN5S2. The summed E-state index contributed by atoms with van der Waals surface area (Å²) in [5.74, 6) is 2.00. The van der Waals surface area contributed by atoms with Crippen molar-refractivity contribution in [3.05, 3.63) is 11.9 Å². The molecule has 0 saturated carbocycles. The van der Waals surface area contributed by atoms with Gasteiger partial charge in [0.1, 0.15) is 24.3 Å². The van der Waals surface area contributed by atoms with Crippen LogP contribution in [0.2, 0.25) is 0 Å². The van der Waals surface area contributed by atoms with Gasteiger partial charge in [-0.25, -0.2) is 9.97 Å². The van der Waals surface area contributed by atoms with E-state index in [9.17, 15) is 0 Å². The van der Waals surface area contributed by atoms with Gasteiger partial charge in [0.2, 0.25) is 0 Å². The molecule has 27 heavy (non-hydrogen) atoms. The number of hydrogen-bond acceptors (Lipinski definition) is 7. The predicted octanol–water partition coefficient (Wildman–Crippen LogP) is 2.83. The van der Waals surface area contributed by atoms with Crippen molar-refractivity contribution in [2.45, 2.75) is 44.8 Å². The number of amidine groups is 1. The van der Waals surface area contributed by atoms with Crippen molar-refractivity contribution < 1.29 is 0 Å². The molecule has 0 unspecified atom stereocenters. The number of aryl methyl sites for hydroxylation is 1. The second-order valence-electron chi connectivity index (χ2n) is 7.87. The molecule has 0 aliphatic carbocycles. The van der Waals surface area contributed by atoms with Crippen LogP contribution in [-0.4, -0.2) is 65.4 Å². The second kappa shape index (κ2) is 7.62. The molecule has 0 bridgehead atoms. The molecule has 0 amide bonds. The first kappa shape index (κ1) is 19.1. The van der Waals surface area contributed by atoms with Gasteiger partial charge in [0.25, 0.3) is 0 Å². The molecule has 0 N–H and O–H groups in total. The molecule has 2 aromatic heterocycles. The Balaban J connectivity index is 1.53. The maximum atomic E-state index is 6.07. The molecule has 4 heterocycles. The van der Waals surface area contributed by atoms with Crippen LogP contribution in [0.5, 0.6) is 0 Å². The number of thioether (sulfide) groups is 1. The number of aliphatic imine (C=N–C) groups is 1. The van der Waals surface area contributed by atoms with Crippen LogP contribution in [0.25, 0.3) is 10.2 Å². The van der Waals surface area contributed by atoms with Crippen molar-refractivity contribution in [3.8, 4) is 0 Å². The molecule has 2 aliphatic heterocycles. The van der Waals surface area contributed by atoms with Crippen molar-refractivity contribution in [3.63, 3.8) is 0 Å². The molecule has 2 radical (unpaired) electrons. The predicted molar refractivity (Wildman–Crippen MR) is 119 cm³/mol. The number of unbranched alkanes of at least 4 members (excludes halogenated alkanes) is 1. The van der Waals surface area contributed by atoms with E-state index in [0.29, 0.717) is 0 Å². The number of aromatic nitrogens is 2. The van der Waals surface area contributed by atoms with Gasteiger partial charge < -0.3 is 9.80 Å². The quantitative estimate of drug-likeness (QED) is 0.740. The lowest BCUT2D eigenvalue weighted by atomic mass is 10.1. The van der Waals surface area contributed by atoms with Crippen LogP contribution in [0.15, 0.2) is 11.1 Å². The summed E-state index contributed by atoms with van der Waals surface area (Å²) in [5, 5.41) is 2.30. The van der Waals surface area contributed by atoms with Crippen molar-refractivity contribution in [1.29, 1.82) is 0 Å². The zero-order valence-electron chi connectivity index (χ0n) is 16.4. The zero-order valence-corrected chi connectivity index (χ0v) is 18.0. The first-order valence-electron chi connectivity index (χ1n) is 9.74. The van der Waals surface area contributed by atoms with E-state index in [1.165, 1.54) is 5.17 Å². The van der Waals surface area contributed by atoms with E-state index in [-0.39, 0.29) is 4.75 Å². The lowest BCUT2D eigenvalue weighted by molar-refractivity contribution is 0.391. The highest BCUT2D eigenvalue weighted by molar-refractivity contribution is 8.15. The molecule has 5 nitrogen and oxygen atoms in total. The van der Waals surface area contributed by atoms with E-state index in [1.54, 1.807) is 11.3 Å². The Labute approximate surface area is 171 Å².